The molecule has 7 heteroatoms. The summed E-state index contributed by atoms with van der Waals surface area (Å²) in [6.07, 6.45) is 7.45. The zero-order valence-corrected chi connectivity index (χ0v) is 15.0. The number of benzene rings is 1. The number of rotatable bonds is 6. The highest BCUT2D eigenvalue weighted by atomic mass is 35.5. The fourth-order valence-electron chi connectivity index (χ4n) is 2.35. The number of aromatic nitrogens is 3. The lowest BCUT2D eigenvalue weighted by molar-refractivity contribution is 0.102. The summed E-state index contributed by atoms with van der Waals surface area (Å²) < 4.78 is 0. The van der Waals surface area contributed by atoms with E-state index in [2.05, 4.69) is 20.3 Å². The molecule has 0 unspecified atom stereocenters. The molecule has 3 aromatic rings. The Labute approximate surface area is 156 Å². The maximum atomic E-state index is 12.3. The summed E-state index contributed by atoms with van der Waals surface area (Å²) in [5, 5.41) is 3.33. The smallest absolute Gasteiger partial charge is 0.258 e. The van der Waals surface area contributed by atoms with Crippen molar-refractivity contribution in [2.24, 2.45) is 0 Å². The number of hydrogen-bond acceptors (Lipinski definition) is 5. The van der Waals surface area contributed by atoms with Gasteiger partial charge in [-0.15, -0.1) is 0 Å². The van der Waals surface area contributed by atoms with Crippen LogP contribution in [0.2, 0.25) is 5.02 Å². The van der Waals surface area contributed by atoms with Gasteiger partial charge in [-0.3, -0.25) is 9.78 Å². The average molecular weight is 368 g/mol. The van der Waals surface area contributed by atoms with Gasteiger partial charge in [0.2, 0.25) is 5.95 Å². The Morgan fingerprint density at radius 3 is 2.58 bits per heavy atom. The summed E-state index contributed by atoms with van der Waals surface area (Å²) in [5.41, 5.74) is 2.21. The Bertz CT molecular complexity index is 871. The van der Waals surface area contributed by atoms with E-state index in [1.165, 1.54) is 18.0 Å². The van der Waals surface area contributed by atoms with Crippen LogP contribution in [0, 0.1) is 0 Å². The molecule has 6 nitrogen and oxygen atoms in total. The SMILES string of the molecule is CN(CCc1ccncc1)c1ncc(C(=O)Nc2cccc(Cl)c2)cn1. The standard InChI is InChI=1S/C19H18ClN5O/c1-25(10-7-14-5-8-21-9-6-14)19-22-12-15(13-23-19)18(26)24-17-4-2-3-16(20)11-17/h2-6,8-9,11-13H,7,10H2,1H3,(H,24,26). The Morgan fingerprint density at radius 1 is 1.15 bits per heavy atom. The van der Waals surface area contributed by atoms with Gasteiger partial charge in [-0.1, -0.05) is 17.7 Å². The molecule has 1 amide bonds. The molecule has 26 heavy (non-hydrogen) atoms. The summed E-state index contributed by atoms with van der Waals surface area (Å²) in [4.78, 5) is 26.8. The molecule has 132 valence electrons. The number of amides is 1. The van der Waals surface area contributed by atoms with Gasteiger partial charge < -0.3 is 10.2 Å². The van der Waals surface area contributed by atoms with Crippen molar-refractivity contribution in [3.8, 4) is 0 Å². The first kappa shape index (κ1) is 17.8. The van der Waals surface area contributed by atoms with Crippen LogP contribution in [-0.4, -0.2) is 34.5 Å². The van der Waals surface area contributed by atoms with Crippen LogP contribution in [0.4, 0.5) is 11.6 Å². The Morgan fingerprint density at radius 2 is 1.88 bits per heavy atom. The van der Waals surface area contributed by atoms with Crippen LogP contribution in [0.1, 0.15) is 15.9 Å². The molecule has 3 rings (SSSR count). The second kappa shape index (κ2) is 8.40. The minimum absolute atomic E-state index is 0.279. The lowest BCUT2D eigenvalue weighted by Gasteiger charge is -2.16. The number of carbonyl (C=O) groups is 1. The molecule has 0 radical (unpaired) electrons. The lowest BCUT2D eigenvalue weighted by Crippen LogP contribution is -2.23. The molecule has 0 spiro atoms. The third-order valence-electron chi connectivity index (χ3n) is 3.81. The monoisotopic (exact) mass is 367 g/mol. The van der Waals surface area contributed by atoms with Crippen molar-refractivity contribution in [2.45, 2.75) is 6.42 Å². The topological polar surface area (TPSA) is 71.0 Å². The second-order valence-corrected chi connectivity index (χ2v) is 6.20. The van der Waals surface area contributed by atoms with E-state index in [1.54, 1.807) is 36.7 Å². The zero-order chi connectivity index (χ0) is 18.4. The number of halogens is 1. The minimum Gasteiger partial charge on any atom is -0.344 e. The van der Waals surface area contributed by atoms with Crippen LogP contribution >= 0.6 is 11.6 Å². The molecule has 0 saturated carbocycles. The number of nitrogens with zero attached hydrogens (tertiary/aromatic N) is 4. The van der Waals surface area contributed by atoms with Crippen LogP contribution < -0.4 is 10.2 Å². The second-order valence-electron chi connectivity index (χ2n) is 5.76. The van der Waals surface area contributed by atoms with E-state index < -0.39 is 0 Å². The third-order valence-corrected chi connectivity index (χ3v) is 4.04. The first-order valence-corrected chi connectivity index (χ1v) is 8.48. The fourth-order valence-corrected chi connectivity index (χ4v) is 2.54. The summed E-state index contributed by atoms with van der Waals surface area (Å²) in [6.45, 7) is 0.762. The number of hydrogen-bond donors (Lipinski definition) is 1. The summed E-state index contributed by atoms with van der Waals surface area (Å²) >= 11 is 5.92. The molecule has 0 aliphatic carbocycles. The Balaban J connectivity index is 1.59. The highest BCUT2D eigenvalue weighted by molar-refractivity contribution is 6.30. The van der Waals surface area contributed by atoms with E-state index in [1.807, 2.05) is 24.1 Å². The van der Waals surface area contributed by atoms with E-state index >= 15 is 0 Å². The molecule has 2 aromatic heterocycles. The fraction of sp³-hybridized carbons (Fsp3) is 0.158. The summed E-state index contributed by atoms with van der Waals surface area (Å²) in [5.74, 6) is 0.289. The van der Waals surface area contributed by atoms with E-state index in [0.717, 1.165) is 13.0 Å². The van der Waals surface area contributed by atoms with Gasteiger partial charge in [0.1, 0.15) is 0 Å². The van der Waals surface area contributed by atoms with Crippen LogP contribution in [0.25, 0.3) is 0 Å². The summed E-state index contributed by atoms with van der Waals surface area (Å²) in [7, 11) is 1.92. The first-order valence-electron chi connectivity index (χ1n) is 8.11. The van der Waals surface area contributed by atoms with Crippen molar-refractivity contribution in [3.05, 3.63) is 77.3 Å². The maximum Gasteiger partial charge on any atom is 0.258 e. The number of anilines is 2. The van der Waals surface area contributed by atoms with Crippen molar-refractivity contribution in [2.75, 3.05) is 23.8 Å². The number of nitrogens with one attached hydrogen (secondary N) is 1. The first-order chi connectivity index (χ1) is 12.6. The highest BCUT2D eigenvalue weighted by Crippen LogP contribution is 2.16. The lowest BCUT2D eigenvalue weighted by atomic mass is 10.2. The largest absolute Gasteiger partial charge is 0.344 e. The molecule has 0 atom stereocenters. The molecule has 0 bridgehead atoms. The van der Waals surface area contributed by atoms with Crippen molar-refractivity contribution >= 4 is 29.1 Å². The van der Waals surface area contributed by atoms with Crippen LogP contribution in [0.15, 0.2) is 61.2 Å². The molecule has 0 saturated heterocycles. The predicted octanol–water partition coefficient (Wildman–Crippen LogP) is 3.46. The molecule has 1 N–H and O–H groups in total. The molecular formula is C19H18ClN5O. The highest BCUT2D eigenvalue weighted by Gasteiger charge is 2.10. The van der Waals surface area contributed by atoms with Crippen molar-refractivity contribution in [3.63, 3.8) is 0 Å². The average Bonchev–Trinajstić information content (AvgIpc) is 2.67. The van der Waals surface area contributed by atoms with Gasteiger partial charge in [0.05, 0.1) is 5.56 Å². The van der Waals surface area contributed by atoms with E-state index in [-0.39, 0.29) is 5.91 Å². The molecule has 2 heterocycles. The van der Waals surface area contributed by atoms with Crippen LogP contribution in [-0.2, 0) is 6.42 Å². The molecule has 1 aromatic carbocycles. The van der Waals surface area contributed by atoms with Gasteiger partial charge >= 0.3 is 0 Å². The van der Waals surface area contributed by atoms with Gasteiger partial charge in [0.15, 0.2) is 0 Å². The molecule has 0 aliphatic rings. The summed E-state index contributed by atoms with van der Waals surface area (Å²) in [6, 6.07) is 10.9. The quantitative estimate of drug-likeness (QED) is 0.722. The Kier molecular flexibility index (Phi) is 5.76. The number of pyridine rings is 1. The molecular weight excluding hydrogens is 350 g/mol. The zero-order valence-electron chi connectivity index (χ0n) is 14.3. The minimum atomic E-state index is -0.279. The van der Waals surface area contributed by atoms with E-state index in [0.29, 0.717) is 22.2 Å². The van der Waals surface area contributed by atoms with Gasteiger partial charge in [-0.2, -0.15) is 0 Å². The van der Waals surface area contributed by atoms with Crippen molar-refractivity contribution in [1.29, 1.82) is 0 Å². The van der Waals surface area contributed by atoms with E-state index in [9.17, 15) is 4.79 Å². The maximum absolute atomic E-state index is 12.3. The number of carbonyl (C=O) groups excluding carboxylic acids is 1. The van der Waals surface area contributed by atoms with Gasteiger partial charge in [-0.05, 0) is 42.3 Å². The normalized spacial score (nSPS) is 10.4. The third kappa shape index (κ3) is 4.77. The van der Waals surface area contributed by atoms with Gasteiger partial charge in [-0.25, -0.2) is 9.97 Å². The van der Waals surface area contributed by atoms with Crippen LogP contribution in [0.3, 0.4) is 0 Å². The predicted molar refractivity (Wildman–Crippen MR) is 103 cm³/mol. The van der Waals surface area contributed by atoms with Crippen molar-refractivity contribution < 1.29 is 4.79 Å². The Hall–Kier alpha value is -2.99. The van der Waals surface area contributed by atoms with Crippen LogP contribution in [0.5, 0.6) is 0 Å². The number of likely N-dealkylation sites (N-methyl/N-ethyl adjacent to an activating group) is 1. The van der Waals surface area contributed by atoms with Gasteiger partial charge in [0, 0.05) is 49.1 Å². The van der Waals surface area contributed by atoms with Crippen molar-refractivity contribution in [1.82, 2.24) is 15.0 Å². The molecule has 0 fully saturated rings. The van der Waals surface area contributed by atoms with E-state index in [4.69, 9.17) is 11.6 Å². The van der Waals surface area contributed by atoms with Gasteiger partial charge in [0.25, 0.3) is 5.91 Å². The molecule has 0 aliphatic heterocycles.